The van der Waals surface area contributed by atoms with Gasteiger partial charge in [0.15, 0.2) is 5.82 Å². The second-order valence-corrected chi connectivity index (χ2v) is 7.30. The van der Waals surface area contributed by atoms with Crippen LogP contribution in [0.4, 0.5) is 11.5 Å². The van der Waals surface area contributed by atoms with E-state index in [1.165, 1.54) is 12.7 Å². The van der Waals surface area contributed by atoms with Gasteiger partial charge in [0.2, 0.25) is 0 Å². The molecule has 1 aliphatic carbocycles. The van der Waals surface area contributed by atoms with Crippen molar-refractivity contribution in [1.82, 2.24) is 19.6 Å². The Morgan fingerprint density at radius 3 is 2.53 bits per heavy atom. The fourth-order valence-corrected chi connectivity index (χ4v) is 3.82. The van der Waals surface area contributed by atoms with E-state index in [1.54, 1.807) is 16.6 Å². The number of fused-ring (bicyclic) bond motifs is 2. The van der Waals surface area contributed by atoms with Crippen molar-refractivity contribution in [3.8, 4) is 11.4 Å². The van der Waals surface area contributed by atoms with Crippen molar-refractivity contribution in [1.29, 1.82) is 0 Å². The SMILES string of the molecule is COC(=O)c1ccc(Nc2c3c(nc4nc(-c5ccccc5)nn24)CCCC3)cc1. The van der Waals surface area contributed by atoms with Crippen LogP contribution in [0.15, 0.2) is 54.6 Å². The zero-order valence-corrected chi connectivity index (χ0v) is 16.6. The van der Waals surface area contributed by atoms with Crippen LogP contribution in [-0.4, -0.2) is 32.7 Å². The molecule has 0 saturated heterocycles. The second kappa shape index (κ2) is 7.59. The quantitative estimate of drug-likeness (QED) is 0.518. The minimum absolute atomic E-state index is 0.353. The molecular weight excluding hydrogens is 378 g/mol. The average Bonchev–Trinajstić information content (AvgIpc) is 3.23. The number of carbonyl (C=O) groups excluding carboxylic acids is 1. The molecule has 0 unspecified atom stereocenters. The molecule has 7 nitrogen and oxygen atoms in total. The third-order valence-electron chi connectivity index (χ3n) is 5.36. The minimum atomic E-state index is -0.353. The highest BCUT2D eigenvalue weighted by molar-refractivity contribution is 5.89. The molecule has 150 valence electrons. The van der Waals surface area contributed by atoms with Gasteiger partial charge in [0, 0.05) is 16.8 Å². The summed E-state index contributed by atoms with van der Waals surface area (Å²) in [6, 6.07) is 17.1. The highest BCUT2D eigenvalue weighted by Crippen LogP contribution is 2.30. The Morgan fingerprint density at radius 2 is 1.77 bits per heavy atom. The first-order valence-corrected chi connectivity index (χ1v) is 10.0. The molecule has 7 heteroatoms. The van der Waals surface area contributed by atoms with Gasteiger partial charge in [0.05, 0.1) is 18.4 Å². The normalized spacial score (nSPS) is 13.1. The molecule has 0 fully saturated rings. The molecule has 2 aromatic carbocycles. The summed E-state index contributed by atoms with van der Waals surface area (Å²) in [5.74, 6) is 1.77. The van der Waals surface area contributed by atoms with Gasteiger partial charge in [-0.2, -0.15) is 9.50 Å². The summed E-state index contributed by atoms with van der Waals surface area (Å²) < 4.78 is 6.57. The van der Waals surface area contributed by atoms with Gasteiger partial charge >= 0.3 is 5.97 Å². The summed E-state index contributed by atoms with van der Waals surface area (Å²) in [5.41, 5.74) is 4.58. The third kappa shape index (κ3) is 3.28. The number of rotatable bonds is 4. The molecule has 1 aliphatic rings. The van der Waals surface area contributed by atoms with Crippen LogP contribution >= 0.6 is 0 Å². The third-order valence-corrected chi connectivity index (χ3v) is 5.36. The predicted molar refractivity (Wildman–Crippen MR) is 114 cm³/mol. The van der Waals surface area contributed by atoms with Gasteiger partial charge in [0.25, 0.3) is 5.78 Å². The number of anilines is 2. The van der Waals surface area contributed by atoms with Crippen LogP contribution in [0.1, 0.15) is 34.5 Å². The number of hydrogen-bond acceptors (Lipinski definition) is 6. The maximum absolute atomic E-state index is 11.7. The molecule has 2 aromatic heterocycles. The number of esters is 1. The van der Waals surface area contributed by atoms with Gasteiger partial charge in [-0.1, -0.05) is 30.3 Å². The van der Waals surface area contributed by atoms with Gasteiger partial charge in [0.1, 0.15) is 5.82 Å². The molecule has 0 amide bonds. The zero-order valence-electron chi connectivity index (χ0n) is 16.6. The number of hydrogen-bond donors (Lipinski definition) is 1. The Bertz CT molecular complexity index is 1220. The number of benzene rings is 2. The van der Waals surface area contributed by atoms with Crippen LogP contribution in [0.2, 0.25) is 0 Å². The van der Waals surface area contributed by atoms with Gasteiger partial charge in [-0.25, -0.2) is 9.78 Å². The van der Waals surface area contributed by atoms with Crippen LogP contribution in [0, 0.1) is 0 Å². The topological polar surface area (TPSA) is 81.4 Å². The van der Waals surface area contributed by atoms with Crippen LogP contribution in [-0.2, 0) is 17.6 Å². The first-order valence-electron chi connectivity index (χ1n) is 10.0. The predicted octanol–water partition coefficient (Wildman–Crippen LogP) is 4.20. The lowest BCUT2D eigenvalue weighted by atomic mass is 9.96. The lowest BCUT2D eigenvalue weighted by Gasteiger charge is -2.20. The van der Waals surface area contributed by atoms with Crippen molar-refractivity contribution >= 4 is 23.3 Å². The molecule has 0 aliphatic heterocycles. The summed E-state index contributed by atoms with van der Waals surface area (Å²) in [6.45, 7) is 0. The van der Waals surface area contributed by atoms with E-state index in [0.29, 0.717) is 17.2 Å². The van der Waals surface area contributed by atoms with Gasteiger partial charge < -0.3 is 10.1 Å². The molecule has 0 spiro atoms. The first kappa shape index (κ1) is 18.3. The molecular formula is C23H21N5O2. The van der Waals surface area contributed by atoms with Crippen molar-refractivity contribution < 1.29 is 9.53 Å². The van der Waals surface area contributed by atoms with E-state index in [9.17, 15) is 4.79 Å². The molecule has 0 saturated carbocycles. The molecule has 0 atom stereocenters. The van der Waals surface area contributed by atoms with E-state index in [-0.39, 0.29) is 5.97 Å². The van der Waals surface area contributed by atoms with E-state index in [4.69, 9.17) is 14.8 Å². The van der Waals surface area contributed by atoms with Crippen molar-refractivity contribution in [2.24, 2.45) is 0 Å². The van der Waals surface area contributed by atoms with E-state index < -0.39 is 0 Å². The van der Waals surface area contributed by atoms with Crippen LogP contribution < -0.4 is 5.32 Å². The van der Waals surface area contributed by atoms with Crippen molar-refractivity contribution in [2.75, 3.05) is 12.4 Å². The lowest BCUT2D eigenvalue weighted by Crippen LogP contribution is -2.13. The van der Waals surface area contributed by atoms with Crippen molar-refractivity contribution in [3.05, 3.63) is 71.4 Å². The Hall–Kier alpha value is -3.74. The van der Waals surface area contributed by atoms with E-state index in [0.717, 1.165) is 48.4 Å². The summed E-state index contributed by atoms with van der Waals surface area (Å²) in [5, 5.41) is 8.25. The second-order valence-electron chi connectivity index (χ2n) is 7.30. The zero-order chi connectivity index (χ0) is 20.5. The smallest absolute Gasteiger partial charge is 0.337 e. The van der Waals surface area contributed by atoms with E-state index in [1.807, 2.05) is 42.5 Å². The highest BCUT2D eigenvalue weighted by Gasteiger charge is 2.21. The van der Waals surface area contributed by atoms with E-state index >= 15 is 0 Å². The van der Waals surface area contributed by atoms with Crippen LogP contribution in [0.5, 0.6) is 0 Å². The van der Waals surface area contributed by atoms with Gasteiger partial charge in [-0.05, 0) is 49.9 Å². The Balaban J connectivity index is 1.60. The van der Waals surface area contributed by atoms with Crippen molar-refractivity contribution in [2.45, 2.75) is 25.7 Å². The fourth-order valence-electron chi connectivity index (χ4n) is 3.82. The summed E-state index contributed by atoms with van der Waals surface area (Å²) in [4.78, 5) is 21.2. The Kier molecular flexibility index (Phi) is 4.63. The maximum Gasteiger partial charge on any atom is 0.337 e. The molecule has 30 heavy (non-hydrogen) atoms. The number of nitrogens with one attached hydrogen (secondary N) is 1. The van der Waals surface area contributed by atoms with Crippen molar-refractivity contribution in [3.63, 3.8) is 0 Å². The largest absolute Gasteiger partial charge is 0.465 e. The number of aromatic nitrogens is 4. The molecule has 0 bridgehead atoms. The molecule has 5 rings (SSSR count). The summed E-state index contributed by atoms with van der Waals surface area (Å²) in [7, 11) is 1.38. The number of aryl methyl sites for hydroxylation is 1. The fraction of sp³-hybridized carbons (Fsp3) is 0.217. The Morgan fingerprint density at radius 1 is 1.00 bits per heavy atom. The molecule has 4 aromatic rings. The maximum atomic E-state index is 11.7. The number of methoxy groups -OCH3 is 1. The van der Waals surface area contributed by atoms with Crippen LogP contribution in [0.3, 0.4) is 0 Å². The minimum Gasteiger partial charge on any atom is -0.465 e. The van der Waals surface area contributed by atoms with Crippen LogP contribution in [0.25, 0.3) is 17.2 Å². The standard InChI is InChI=1S/C23H21N5O2/c1-30-22(29)16-11-13-17(14-12-16)24-21-18-9-5-6-10-19(18)25-23-26-20(27-28(21)23)15-7-3-2-4-8-15/h2-4,7-8,11-14,24H,5-6,9-10H2,1H3. The Labute approximate surface area is 173 Å². The van der Waals surface area contributed by atoms with Gasteiger partial charge in [-0.3, -0.25) is 0 Å². The number of ether oxygens (including phenoxy) is 1. The molecule has 2 heterocycles. The van der Waals surface area contributed by atoms with E-state index in [2.05, 4.69) is 10.3 Å². The highest BCUT2D eigenvalue weighted by atomic mass is 16.5. The summed E-state index contributed by atoms with van der Waals surface area (Å²) in [6.07, 6.45) is 4.14. The van der Waals surface area contributed by atoms with Gasteiger partial charge in [-0.15, -0.1) is 5.10 Å². The lowest BCUT2D eigenvalue weighted by molar-refractivity contribution is 0.0601. The monoisotopic (exact) mass is 399 g/mol. The first-order chi connectivity index (χ1) is 14.7. The summed E-state index contributed by atoms with van der Waals surface area (Å²) >= 11 is 0. The average molecular weight is 399 g/mol. The molecule has 1 N–H and O–H groups in total. The number of nitrogens with zero attached hydrogens (tertiary/aromatic N) is 4. The number of carbonyl (C=O) groups is 1. The molecule has 0 radical (unpaired) electrons.